The van der Waals surface area contributed by atoms with Crippen molar-refractivity contribution in [3.8, 4) is 11.3 Å². The number of nitrogens with zero attached hydrogens (tertiary/aromatic N) is 3. The van der Waals surface area contributed by atoms with Crippen LogP contribution >= 0.6 is 0 Å². The zero-order valence-corrected chi connectivity index (χ0v) is 11.9. The Morgan fingerprint density at radius 2 is 1.86 bits per heavy atom. The fourth-order valence-electron chi connectivity index (χ4n) is 2.81. The number of hydrogen-bond acceptors (Lipinski definition) is 2. The molecule has 0 aliphatic rings. The highest BCUT2D eigenvalue weighted by Gasteiger charge is 2.19. The van der Waals surface area contributed by atoms with Crippen molar-refractivity contribution in [3.63, 3.8) is 0 Å². The predicted molar refractivity (Wildman–Crippen MR) is 82.5 cm³/mol. The maximum Gasteiger partial charge on any atom is 0.367 e. The van der Waals surface area contributed by atoms with Crippen molar-refractivity contribution in [1.82, 2.24) is 9.38 Å². The van der Waals surface area contributed by atoms with Crippen LogP contribution in [0.1, 0.15) is 0 Å². The molecule has 0 unspecified atom stereocenters. The molecule has 2 aromatic heterocycles. The van der Waals surface area contributed by atoms with Gasteiger partial charge in [0.05, 0.1) is 12.0 Å². The predicted octanol–water partition coefficient (Wildman–Crippen LogP) is 2.82. The molecule has 6 heteroatoms. The third-order valence-corrected chi connectivity index (χ3v) is 3.94. The summed E-state index contributed by atoms with van der Waals surface area (Å²) in [5.41, 5.74) is 4.19. The molecule has 2 aromatic carbocycles. The van der Waals surface area contributed by atoms with Crippen LogP contribution in [0.15, 0.2) is 54.7 Å². The van der Waals surface area contributed by atoms with E-state index < -0.39 is 4.92 Å². The van der Waals surface area contributed by atoms with Crippen LogP contribution in [0.4, 0.5) is 5.69 Å². The molecule has 2 heterocycles. The zero-order chi connectivity index (χ0) is 15.3. The number of benzene rings is 2. The van der Waals surface area contributed by atoms with Crippen LogP contribution in [0.25, 0.3) is 28.1 Å². The van der Waals surface area contributed by atoms with Crippen LogP contribution in [0.5, 0.6) is 0 Å². The van der Waals surface area contributed by atoms with Gasteiger partial charge in [0.15, 0.2) is 0 Å². The van der Waals surface area contributed by atoms with Gasteiger partial charge in [0.2, 0.25) is 0 Å². The van der Waals surface area contributed by atoms with Crippen molar-refractivity contribution in [3.05, 3.63) is 64.8 Å². The van der Waals surface area contributed by atoms with Gasteiger partial charge in [-0.25, -0.2) is 9.55 Å². The first-order valence-electron chi connectivity index (χ1n) is 6.88. The molecule has 108 valence electrons. The summed E-state index contributed by atoms with van der Waals surface area (Å²) in [6, 6.07) is 14.7. The first-order chi connectivity index (χ1) is 10.6. The van der Waals surface area contributed by atoms with Crippen molar-refractivity contribution < 1.29 is 9.49 Å². The molecule has 0 aliphatic carbocycles. The monoisotopic (exact) mass is 293 g/mol. The first-order valence-corrected chi connectivity index (χ1v) is 6.88. The number of hydrogen-bond donors (Lipinski definition) is 1. The average Bonchev–Trinajstić information content (AvgIpc) is 3.08. The van der Waals surface area contributed by atoms with E-state index in [1.807, 2.05) is 25.4 Å². The Morgan fingerprint density at radius 3 is 2.59 bits per heavy atom. The second kappa shape index (κ2) is 4.42. The normalized spacial score (nSPS) is 11.3. The molecule has 22 heavy (non-hydrogen) atoms. The van der Waals surface area contributed by atoms with Gasteiger partial charge in [0, 0.05) is 17.7 Å². The summed E-state index contributed by atoms with van der Waals surface area (Å²) in [5, 5.41) is 10.7. The fraction of sp³-hybridized carbons (Fsp3) is 0.0625. The van der Waals surface area contributed by atoms with E-state index in [0.717, 1.165) is 28.1 Å². The van der Waals surface area contributed by atoms with Gasteiger partial charge >= 0.3 is 5.78 Å². The van der Waals surface area contributed by atoms with Crippen LogP contribution in [0.2, 0.25) is 0 Å². The topological polar surface area (TPSA) is 67.2 Å². The molecule has 4 rings (SSSR count). The smallest absolute Gasteiger partial charge is 0.258 e. The highest BCUT2D eigenvalue weighted by molar-refractivity contribution is 5.76. The van der Waals surface area contributed by atoms with Crippen LogP contribution in [0.3, 0.4) is 0 Å². The number of aryl methyl sites for hydroxylation is 1. The molecule has 0 amide bonds. The van der Waals surface area contributed by atoms with E-state index in [-0.39, 0.29) is 5.69 Å². The Morgan fingerprint density at radius 1 is 1.14 bits per heavy atom. The minimum Gasteiger partial charge on any atom is -0.258 e. The molecule has 0 aliphatic heterocycles. The number of nitro groups is 1. The molecule has 0 saturated heterocycles. The van der Waals surface area contributed by atoms with Crippen LogP contribution in [0, 0.1) is 10.1 Å². The number of nitro benzene ring substituents is 1. The van der Waals surface area contributed by atoms with Crippen LogP contribution < -0.4 is 4.57 Å². The van der Waals surface area contributed by atoms with Crippen molar-refractivity contribution >= 4 is 22.5 Å². The van der Waals surface area contributed by atoms with Gasteiger partial charge in [0.1, 0.15) is 22.9 Å². The molecule has 0 fully saturated rings. The number of nitrogens with one attached hydrogen (secondary N) is 1. The molecule has 0 atom stereocenters. The van der Waals surface area contributed by atoms with Crippen molar-refractivity contribution in [2.24, 2.45) is 7.05 Å². The Bertz CT molecular complexity index is 1010. The molecule has 0 radical (unpaired) electrons. The summed E-state index contributed by atoms with van der Waals surface area (Å²) in [6.45, 7) is 0. The van der Waals surface area contributed by atoms with Crippen molar-refractivity contribution in [1.29, 1.82) is 0 Å². The molecule has 6 nitrogen and oxygen atoms in total. The maximum atomic E-state index is 10.7. The lowest BCUT2D eigenvalue weighted by Crippen LogP contribution is -2.27. The minimum absolute atomic E-state index is 0.0953. The Balaban J connectivity index is 1.89. The number of fused-ring (bicyclic) bond motifs is 3. The largest absolute Gasteiger partial charge is 0.367 e. The van der Waals surface area contributed by atoms with Crippen molar-refractivity contribution in [2.75, 3.05) is 0 Å². The van der Waals surface area contributed by atoms with Gasteiger partial charge in [-0.2, -0.15) is 4.40 Å². The van der Waals surface area contributed by atoms with Gasteiger partial charge in [-0.1, -0.05) is 12.1 Å². The second-order valence-corrected chi connectivity index (χ2v) is 5.21. The van der Waals surface area contributed by atoms with E-state index in [0.29, 0.717) is 0 Å². The number of imidazole rings is 2. The molecule has 0 bridgehead atoms. The molecule has 4 aromatic rings. The number of non-ortho nitro benzene ring substituents is 1. The molecule has 0 spiro atoms. The Hall–Kier alpha value is -3.15. The number of H-pyrrole nitrogens is 1. The van der Waals surface area contributed by atoms with Gasteiger partial charge in [-0.3, -0.25) is 10.1 Å². The summed E-state index contributed by atoms with van der Waals surface area (Å²) in [5.74, 6) is 0.967. The quantitative estimate of drug-likeness (QED) is 0.351. The van der Waals surface area contributed by atoms with E-state index in [4.69, 9.17) is 0 Å². The van der Waals surface area contributed by atoms with E-state index in [2.05, 4.69) is 26.1 Å². The Labute approximate surface area is 125 Å². The third-order valence-electron chi connectivity index (χ3n) is 3.94. The summed E-state index contributed by atoms with van der Waals surface area (Å²) in [6.07, 6.45) is 2.01. The molecular formula is C16H13N4O2+. The van der Waals surface area contributed by atoms with E-state index in [1.54, 1.807) is 12.1 Å². The summed E-state index contributed by atoms with van der Waals surface area (Å²) in [4.78, 5) is 13.7. The lowest BCUT2D eigenvalue weighted by molar-refractivity contribution is -0.620. The third kappa shape index (κ3) is 1.70. The lowest BCUT2D eigenvalue weighted by atomic mass is 10.1. The van der Waals surface area contributed by atoms with Crippen LogP contribution in [-0.4, -0.2) is 14.3 Å². The van der Waals surface area contributed by atoms with E-state index in [1.165, 1.54) is 12.1 Å². The van der Waals surface area contributed by atoms with Crippen molar-refractivity contribution in [2.45, 2.75) is 0 Å². The minimum atomic E-state index is -0.392. The van der Waals surface area contributed by atoms with Crippen LogP contribution in [-0.2, 0) is 7.05 Å². The SMILES string of the molecule is C[n+]1c2ccccc2n2cc(-c3ccc([N+](=O)[O-])cc3)[nH]c21. The number of aromatic amines is 1. The maximum absolute atomic E-state index is 10.7. The van der Waals surface area contributed by atoms with Gasteiger partial charge in [-0.05, 0) is 24.3 Å². The Kier molecular flexibility index (Phi) is 2.53. The summed E-state index contributed by atoms with van der Waals surface area (Å²) in [7, 11) is 2.01. The summed E-state index contributed by atoms with van der Waals surface area (Å²) < 4.78 is 4.18. The second-order valence-electron chi connectivity index (χ2n) is 5.21. The highest BCUT2D eigenvalue weighted by Crippen LogP contribution is 2.23. The fourth-order valence-corrected chi connectivity index (χ4v) is 2.81. The number of rotatable bonds is 2. The average molecular weight is 293 g/mol. The number of para-hydroxylation sites is 2. The van der Waals surface area contributed by atoms with Gasteiger partial charge in [0.25, 0.3) is 5.69 Å². The number of aromatic nitrogens is 3. The van der Waals surface area contributed by atoms with E-state index in [9.17, 15) is 10.1 Å². The summed E-state index contributed by atoms with van der Waals surface area (Å²) >= 11 is 0. The molecule has 0 saturated carbocycles. The van der Waals surface area contributed by atoms with Gasteiger partial charge < -0.3 is 0 Å². The van der Waals surface area contributed by atoms with Gasteiger partial charge in [-0.15, -0.1) is 0 Å². The molecular weight excluding hydrogens is 280 g/mol. The van der Waals surface area contributed by atoms with E-state index >= 15 is 0 Å². The zero-order valence-electron chi connectivity index (χ0n) is 11.9. The first kappa shape index (κ1) is 12.6. The lowest BCUT2D eigenvalue weighted by Gasteiger charge is -1.95. The highest BCUT2D eigenvalue weighted by atomic mass is 16.6. The molecule has 1 N–H and O–H groups in total. The standard InChI is InChI=1S/C16H12N4O2/c1-18-14-4-2-3-5-15(14)19-10-13(17-16(18)19)11-6-8-12(9-7-11)20(21)22/h2-10H,1H3/p+1.